The standard InChI is InChI=1S/C12H10N2O6S/c15-7-1-3-9(11(16)5-7)13-14-10-4-2-8(6-12(10)17)21(18,19)20/h1-6,15-17H,(H,18,19,20). The number of aromatic hydroxyl groups is 3. The lowest BCUT2D eigenvalue weighted by Crippen LogP contribution is -1.96. The van der Waals surface area contributed by atoms with Gasteiger partial charge in [-0.2, -0.15) is 8.42 Å². The van der Waals surface area contributed by atoms with E-state index in [0.717, 1.165) is 24.3 Å². The van der Waals surface area contributed by atoms with Crippen molar-refractivity contribution < 1.29 is 28.3 Å². The monoisotopic (exact) mass is 310 g/mol. The first-order chi connectivity index (χ1) is 9.77. The minimum atomic E-state index is -4.42. The minimum absolute atomic E-state index is 0.0473. The number of phenols is 3. The van der Waals surface area contributed by atoms with Crippen LogP contribution < -0.4 is 0 Å². The number of azo groups is 1. The van der Waals surface area contributed by atoms with Crippen LogP contribution in [0.3, 0.4) is 0 Å². The third-order valence-electron chi connectivity index (χ3n) is 2.47. The first kappa shape index (κ1) is 14.8. The highest BCUT2D eigenvalue weighted by molar-refractivity contribution is 7.85. The van der Waals surface area contributed by atoms with Crippen LogP contribution in [0.25, 0.3) is 0 Å². The van der Waals surface area contributed by atoms with Crippen molar-refractivity contribution in [2.75, 3.05) is 0 Å². The molecule has 0 spiro atoms. The fourth-order valence-electron chi connectivity index (χ4n) is 1.45. The van der Waals surface area contributed by atoms with E-state index in [9.17, 15) is 18.6 Å². The molecule has 4 N–H and O–H groups in total. The molecule has 0 saturated heterocycles. The van der Waals surface area contributed by atoms with Gasteiger partial charge in [0.1, 0.15) is 28.6 Å². The molecule has 8 nitrogen and oxygen atoms in total. The van der Waals surface area contributed by atoms with E-state index < -0.39 is 20.8 Å². The number of phenolic OH excluding ortho intramolecular Hbond substituents is 3. The Morgan fingerprint density at radius 3 is 1.81 bits per heavy atom. The van der Waals surface area contributed by atoms with Crippen molar-refractivity contribution in [1.82, 2.24) is 0 Å². The molecule has 0 heterocycles. The lowest BCUT2D eigenvalue weighted by molar-refractivity contribution is 0.451. The van der Waals surface area contributed by atoms with E-state index in [0.29, 0.717) is 0 Å². The Morgan fingerprint density at radius 1 is 0.810 bits per heavy atom. The van der Waals surface area contributed by atoms with Gasteiger partial charge in [0.25, 0.3) is 10.1 Å². The van der Waals surface area contributed by atoms with E-state index in [-0.39, 0.29) is 22.9 Å². The van der Waals surface area contributed by atoms with Gasteiger partial charge in [0.05, 0.1) is 4.90 Å². The topological polar surface area (TPSA) is 140 Å². The van der Waals surface area contributed by atoms with Crippen molar-refractivity contribution in [3.8, 4) is 17.2 Å². The summed E-state index contributed by atoms with van der Waals surface area (Å²) in [6.07, 6.45) is 0. The molecule has 0 radical (unpaired) electrons. The van der Waals surface area contributed by atoms with Crippen LogP contribution in [0.1, 0.15) is 0 Å². The molecule has 2 aromatic rings. The molecule has 9 heteroatoms. The van der Waals surface area contributed by atoms with Crippen LogP contribution in [0.15, 0.2) is 51.5 Å². The van der Waals surface area contributed by atoms with Crippen molar-refractivity contribution in [3.63, 3.8) is 0 Å². The van der Waals surface area contributed by atoms with Crippen LogP contribution in [-0.2, 0) is 10.1 Å². The predicted octanol–water partition coefficient (Wildman–Crippen LogP) is 2.47. The van der Waals surface area contributed by atoms with Gasteiger partial charge < -0.3 is 15.3 Å². The molecule has 0 atom stereocenters. The SMILES string of the molecule is O=S(=O)(O)c1ccc(N=Nc2ccc(O)cc2O)c(O)c1. The molecule has 2 aromatic carbocycles. The number of nitrogens with zero attached hydrogens (tertiary/aromatic N) is 2. The third-order valence-corrected chi connectivity index (χ3v) is 3.32. The zero-order valence-electron chi connectivity index (χ0n) is 10.4. The molecule has 0 aromatic heterocycles. The largest absolute Gasteiger partial charge is 0.508 e. The molecule has 110 valence electrons. The molecule has 0 amide bonds. The lowest BCUT2D eigenvalue weighted by atomic mass is 10.3. The first-order valence-corrected chi connectivity index (χ1v) is 6.95. The summed E-state index contributed by atoms with van der Waals surface area (Å²) in [7, 11) is -4.42. The summed E-state index contributed by atoms with van der Waals surface area (Å²) in [4.78, 5) is -0.480. The fourth-order valence-corrected chi connectivity index (χ4v) is 1.95. The highest BCUT2D eigenvalue weighted by Gasteiger charge is 2.12. The van der Waals surface area contributed by atoms with E-state index in [1.807, 2.05) is 0 Å². The second-order valence-corrected chi connectivity index (χ2v) is 5.42. The van der Waals surface area contributed by atoms with Crippen molar-refractivity contribution in [3.05, 3.63) is 36.4 Å². The van der Waals surface area contributed by atoms with Gasteiger partial charge in [-0.25, -0.2) is 0 Å². The Hall–Kier alpha value is -2.65. The normalized spacial score (nSPS) is 11.9. The maximum absolute atomic E-state index is 10.9. The highest BCUT2D eigenvalue weighted by Crippen LogP contribution is 2.34. The lowest BCUT2D eigenvalue weighted by Gasteiger charge is -2.01. The van der Waals surface area contributed by atoms with E-state index >= 15 is 0 Å². The maximum atomic E-state index is 10.9. The van der Waals surface area contributed by atoms with E-state index in [1.54, 1.807) is 0 Å². The molecule has 0 aliphatic rings. The average molecular weight is 310 g/mol. The summed E-state index contributed by atoms with van der Waals surface area (Å²) >= 11 is 0. The van der Waals surface area contributed by atoms with Crippen molar-refractivity contribution in [1.29, 1.82) is 0 Å². The Morgan fingerprint density at radius 2 is 1.33 bits per heavy atom. The third kappa shape index (κ3) is 3.46. The second-order valence-electron chi connectivity index (χ2n) is 4.00. The Kier molecular flexibility index (Phi) is 3.78. The van der Waals surface area contributed by atoms with Crippen LogP contribution in [-0.4, -0.2) is 28.3 Å². The summed E-state index contributed by atoms with van der Waals surface area (Å²) < 4.78 is 30.6. The highest BCUT2D eigenvalue weighted by atomic mass is 32.2. The van der Waals surface area contributed by atoms with Gasteiger partial charge in [-0.15, -0.1) is 10.2 Å². The maximum Gasteiger partial charge on any atom is 0.294 e. The first-order valence-electron chi connectivity index (χ1n) is 5.51. The van der Waals surface area contributed by atoms with Crippen LogP contribution >= 0.6 is 0 Å². The molecule has 0 saturated carbocycles. The molecule has 0 aliphatic heterocycles. The predicted molar refractivity (Wildman–Crippen MR) is 71.9 cm³/mol. The van der Waals surface area contributed by atoms with Crippen molar-refractivity contribution >= 4 is 21.5 Å². The zero-order valence-corrected chi connectivity index (χ0v) is 11.2. The molecule has 0 aliphatic carbocycles. The van der Waals surface area contributed by atoms with Gasteiger partial charge in [0.15, 0.2) is 0 Å². The second kappa shape index (κ2) is 5.38. The average Bonchev–Trinajstić information content (AvgIpc) is 2.38. The summed E-state index contributed by atoms with van der Waals surface area (Å²) in [5.74, 6) is -0.966. The molecule has 0 bridgehead atoms. The Balaban J connectivity index is 2.34. The van der Waals surface area contributed by atoms with Crippen LogP contribution in [0.2, 0.25) is 0 Å². The minimum Gasteiger partial charge on any atom is -0.508 e. The molecule has 0 unspecified atom stereocenters. The van der Waals surface area contributed by atoms with E-state index in [4.69, 9.17) is 9.66 Å². The van der Waals surface area contributed by atoms with E-state index in [1.165, 1.54) is 12.1 Å². The molecule has 0 fully saturated rings. The van der Waals surface area contributed by atoms with Gasteiger partial charge >= 0.3 is 0 Å². The summed E-state index contributed by atoms with van der Waals surface area (Å²) in [5.41, 5.74) is -0.0130. The van der Waals surface area contributed by atoms with Crippen molar-refractivity contribution in [2.24, 2.45) is 10.2 Å². The summed E-state index contributed by atoms with van der Waals surface area (Å²) in [5, 5.41) is 35.5. The fraction of sp³-hybridized carbons (Fsp3) is 0. The summed E-state index contributed by atoms with van der Waals surface area (Å²) in [6, 6.07) is 6.66. The van der Waals surface area contributed by atoms with Crippen LogP contribution in [0.5, 0.6) is 17.2 Å². The Bertz CT molecular complexity index is 816. The molecule has 2 rings (SSSR count). The molecular formula is C12H10N2O6S. The van der Waals surface area contributed by atoms with Gasteiger partial charge in [0, 0.05) is 12.1 Å². The van der Waals surface area contributed by atoms with Gasteiger partial charge in [-0.3, -0.25) is 4.55 Å². The van der Waals surface area contributed by atoms with Crippen LogP contribution in [0.4, 0.5) is 11.4 Å². The van der Waals surface area contributed by atoms with Crippen molar-refractivity contribution in [2.45, 2.75) is 4.90 Å². The zero-order chi connectivity index (χ0) is 15.6. The summed E-state index contributed by atoms with van der Waals surface area (Å²) in [6.45, 7) is 0. The smallest absolute Gasteiger partial charge is 0.294 e. The Labute approximate surface area is 119 Å². The molecular weight excluding hydrogens is 300 g/mol. The molecule has 21 heavy (non-hydrogen) atoms. The van der Waals surface area contributed by atoms with Gasteiger partial charge in [-0.1, -0.05) is 0 Å². The number of rotatable bonds is 3. The van der Waals surface area contributed by atoms with Crippen LogP contribution in [0, 0.1) is 0 Å². The van der Waals surface area contributed by atoms with E-state index in [2.05, 4.69) is 10.2 Å². The quantitative estimate of drug-likeness (QED) is 0.507. The van der Waals surface area contributed by atoms with Gasteiger partial charge in [-0.05, 0) is 24.3 Å². The number of benzene rings is 2. The number of hydrogen-bond acceptors (Lipinski definition) is 7. The van der Waals surface area contributed by atoms with Gasteiger partial charge in [0.2, 0.25) is 0 Å². The number of hydrogen-bond donors (Lipinski definition) is 4.